The molecule has 0 bridgehead atoms. The van der Waals surface area contributed by atoms with Crippen LogP contribution in [0.5, 0.6) is 0 Å². The molecule has 3 N–H and O–H groups in total. The molecule has 1 aromatic heterocycles. The maximum atomic E-state index is 12.7. The van der Waals surface area contributed by atoms with Gasteiger partial charge in [-0.05, 0) is 45.5 Å². The molecule has 0 aliphatic heterocycles. The lowest BCUT2D eigenvalue weighted by Crippen LogP contribution is -2.58. The van der Waals surface area contributed by atoms with Crippen LogP contribution in [-0.2, 0) is 6.42 Å². The topological polar surface area (TPSA) is 78.4 Å². The van der Waals surface area contributed by atoms with Gasteiger partial charge in [-0.25, -0.2) is 4.79 Å². The van der Waals surface area contributed by atoms with Crippen molar-refractivity contribution in [3.8, 4) is 0 Å². The van der Waals surface area contributed by atoms with E-state index in [0.717, 1.165) is 9.35 Å². The molecular formula is C19H23BrN2O3S. The van der Waals surface area contributed by atoms with Gasteiger partial charge in [-0.15, -0.1) is 11.3 Å². The van der Waals surface area contributed by atoms with Crippen molar-refractivity contribution >= 4 is 39.3 Å². The summed E-state index contributed by atoms with van der Waals surface area (Å²) in [7, 11) is 0. The Balaban J connectivity index is 2.30. The number of thiophene rings is 1. The number of carboxylic acid groups (broad SMARTS) is 1. The van der Waals surface area contributed by atoms with E-state index >= 15 is 0 Å². The number of halogens is 1. The molecule has 1 unspecified atom stereocenters. The minimum atomic E-state index is -1.10. The maximum absolute atomic E-state index is 12.7. The number of hydrogen-bond donors (Lipinski definition) is 3. The smallest absolute Gasteiger partial charge is 0.404 e. The molecule has 5 nitrogen and oxygen atoms in total. The minimum absolute atomic E-state index is 0.205. The summed E-state index contributed by atoms with van der Waals surface area (Å²) in [5.74, 6) is -0.205. The standard InChI is InChI=1S/C19H23BrN2O3S/c1-19(2,3)16(22-18(24)25)13(11-12-7-5-4-6-8-12)21-17(23)14-9-10-15(20)26-14/h4-10,13,16,22H,11H2,1-3H3,(H,21,23)(H,24,25)/t13-,16?/m0/s1. The first-order chi connectivity index (χ1) is 12.2. The van der Waals surface area contributed by atoms with E-state index in [9.17, 15) is 14.7 Å². The molecule has 0 fully saturated rings. The van der Waals surface area contributed by atoms with Crippen LogP contribution >= 0.6 is 27.3 Å². The first-order valence-electron chi connectivity index (χ1n) is 8.26. The Morgan fingerprint density at radius 2 is 1.77 bits per heavy atom. The second-order valence-corrected chi connectivity index (χ2v) is 9.63. The van der Waals surface area contributed by atoms with Crippen molar-refractivity contribution in [3.63, 3.8) is 0 Å². The molecule has 26 heavy (non-hydrogen) atoms. The van der Waals surface area contributed by atoms with Crippen molar-refractivity contribution < 1.29 is 14.7 Å². The van der Waals surface area contributed by atoms with Gasteiger partial charge < -0.3 is 15.7 Å². The number of amides is 2. The van der Waals surface area contributed by atoms with Gasteiger partial charge in [0.25, 0.3) is 5.91 Å². The Bertz CT molecular complexity index is 756. The summed E-state index contributed by atoms with van der Waals surface area (Å²) in [4.78, 5) is 24.6. The number of nitrogens with one attached hydrogen (secondary N) is 2. The van der Waals surface area contributed by atoms with Crippen LogP contribution in [0.15, 0.2) is 46.3 Å². The molecule has 2 amide bonds. The molecule has 140 valence electrons. The molecule has 1 heterocycles. The highest BCUT2D eigenvalue weighted by atomic mass is 79.9. The summed E-state index contributed by atoms with van der Waals surface area (Å²) in [6.07, 6.45) is -0.572. The molecule has 7 heteroatoms. The summed E-state index contributed by atoms with van der Waals surface area (Å²) < 4.78 is 0.873. The Kier molecular flexibility index (Phi) is 6.83. The van der Waals surface area contributed by atoms with E-state index < -0.39 is 12.1 Å². The molecule has 1 aromatic carbocycles. The van der Waals surface area contributed by atoms with Crippen LogP contribution in [0.1, 0.15) is 36.0 Å². The van der Waals surface area contributed by atoms with Crippen molar-refractivity contribution in [1.82, 2.24) is 10.6 Å². The zero-order chi connectivity index (χ0) is 19.3. The van der Waals surface area contributed by atoms with Crippen LogP contribution < -0.4 is 10.6 Å². The summed E-state index contributed by atoms with van der Waals surface area (Å²) in [5.41, 5.74) is 0.660. The normalized spacial score (nSPS) is 13.7. The van der Waals surface area contributed by atoms with Gasteiger partial charge in [-0.3, -0.25) is 4.79 Å². The largest absolute Gasteiger partial charge is 0.465 e. The lowest BCUT2D eigenvalue weighted by atomic mass is 9.80. The monoisotopic (exact) mass is 438 g/mol. The molecule has 0 radical (unpaired) electrons. The van der Waals surface area contributed by atoms with Crippen molar-refractivity contribution in [2.45, 2.75) is 39.3 Å². The van der Waals surface area contributed by atoms with Crippen LogP contribution in [0.2, 0.25) is 0 Å². The summed E-state index contributed by atoms with van der Waals surface area (Å²) in [6.45, 7) is 5.87. The van der Waals surface area contributed by atoms with Crippen molar-refractivity contribution in [2.75, 3.05) is 0 Å². The Morgan fingerprint density at radius 1 is 1.12 bits per heavy atom. The van der Waals surface area contributed by atoms with Crippen LogP contribution in [0, 0.1) is 5.41 Å². The Hall–Kier alpha value is -1.86. The minimum Gasteiger partial charge on any atom is -0.465 e. The molecule has 0 saturated heterocycles. The van der Waals surface area contributed by atoms with E-state index in [0.29, 0.717) is 11.3 Å². The van der Waals surface area contributed by atoms with Gasteiger partial charge >= 0.3 is 6.09 Å². The zero-order valence-electron chi connectivity index (χ0n) is 15.0. The second kappa shape index (κ2) is 8.68. The number of carbonyl (C=O) groups excluding carboxylic acids is 1. The van der Waals surface area contributed by atoms with E-state index in [1.807, 2.05) is 57.2 Å². The predicted octanol–water partition coefficient (Wildman–Crippen LogP) is 4.53. The van der Waals surface area contributed by atoms with Gasteiger partial charge in [0.15, 0.2) is 0 Å². The number of rotatable bonds is 6. The van der Waals surface area contributed by atoms with Gasteiger partial charge in [-0.1, -0.05) is 51.1 Å². The zero-order valence-corrected chi connectivity index (χ0v) is 17.4. The van der Waals surface area contributed by atoms with Crippen molar-refractivity contribution in [1.29, 1.82) is 0 Å². The highest BCUT2D eigenvalue weighted by Gasteiger charge is 2.35. The molecule has 0 aliphatic rings. The summed E-state index contributed by atoms with van der Waals surface area (Å²) >= 11 is 4.71. The van der Waals surface area contributed by atoms with Gasteiger partial charge in [0.1, 0.15) is 0 Å². The number of hydrogen-bond acceptors (Lipinski definition) is 3. The first-order valence-corrected chi connectivity index (χ1v) is 9.87. The molecule has 2 aromatic rings. The highest BCUT2D eigenvalue weighted by Crippen LogP contribution is 2.26. The van der Waals surface area contributed by atoms with Crippen LogP contribution in [0.4, 0.5) is 4.79 Å². The fourth-order valence-corrected chi connectivity index (χ4v) is 4.14. The summed E-state index contributed by atoms with van der Waals surface area (Å²) in [6, 6.07) is 12.5. The Morgan fingerprint density at radius 3 is 2.27 bits per heavy atom. The van der Waals surface area contributed by atoms with Gasteiger partial charge in [0.2, 0.25) is 0 Å². The van der Waals surface area contributed by atoms with E-state index in [1.165, 1.54) is 11.3 Å². The average molecular weight is 439 g/mol. The van der Waals surface area contributed by atoms with Gasteiger partial charge in [0, 0.05) is 0 Å². The summed E-state index contributed by atoms with van der Waals surface area (Å²) in [5, 5.41) is 14.9. The fraction of sp³-hybridized carbons (Fsp3) is 0.368. The third-order valence-electron chi connectivity index (χ3n) is 4.03. The van der Waals surface area contributed by atoms with E-state index in [-0.39, 0.29) is 17.4 Å². The van der Waals surface area contributed by atoms with Crippen LogP contribution in [0.25, 0.3) is 0 Å². The molecule has 2 rings (SSSR count). The third-order valence-corrected chi connectivity index (χ3v) is 5.65. The third kappa shape index (κ3) is 5.85. The Labute approximate surface area is 165 Å². The number of carbonyl (C=O) groups is 2. The van der Waals surface area contributed by atoms with Crippen LogP contribution in [0.3, 0.4) is 0 Å². The molecular weight excluding hydrogens is 416 g/mol. The second-order valence-electron chi connectivity index (χ2n) is 7.17. The lowest BCUT2D eigenvalue weighted by Gasteiger charge is -2.37. The van der Waals surface area contributed by atoms with E-state index in [4.69, 9.17) is 0 Å². The lowest BCUT2D eigenvalue weighted by molar-refractivity contribution is 0.0905. The SMILES string of the molecule is CC(C)(C)C(NC(=O)O)[C@H](Cc1ccccc1)NC(=O)c1ccc(Br)s1. The first kappa shape index (κ1) is 20.5. The van der Waals surface area contributed by atoms with Crippen molar-refractivity contribution in [2.24, 2.45) is 5.41 Å². The highest BCUT2D eigenvalue weighted by molar-refractivity contribution is 9.11. The van der Waals surface area contributed by atoms with E-state index in [1.54, 1.807) is 6.07 Å². The molecule has 0 aliphatic carbocycles. The predicted molar refractivity (Wildman–Crippen MR) is 108 cm³/mol. The molecule has 0 spiro atoms. The van der Waals surface area contributed by atoms with Crippen molar-refractivity contribution in [3.05, 3.63) is 56.7 Å². The van der Waals surface area contributed by atoms with Crippen LogP contribution in [-0.4, -0.2) is 29.2 Å². The molecule has 0 saturated carbocycles. The maximum Gasteiger partial charge on any atom is 0.404 e. The average Bonchev–Trinajstić information content (AvgIpc) is 2.98. The molecule has 2 atom stereocenters. The van der Waals surface area contributed by atoms with Gasteiger partial charge in [0.05, 0.1) is 20.7 Å². The fourth-order valence-electron chi connectivity index (χ4n) is 2.85. The van der Waals surface area contributed by atoms with Gasteiger partial charge in [-0.2, -0.15) is 0 Å². The quantitative estimate of drug-likeness (QED) is 0.619. The van der Waals surface area contributed by atoms with E-state index in [2.05, 4.69) is 26.6 Å². The number of benzene rings is 1.